The van der Waals surface area contributed by atoms with E-state index < -0.39 is 0 Å². The van der Waals surface area contributed by atoms with E-state index in [1.165, 1.54) is 30.8 Å². The van der Waals surface area contributed by atoms with Gasteiger partial charge in [-0.1, -0.05) is 30.3 Å². The molecule has 2 heterocycles. The average Bonchev–Trinajstić information content (AvgIpc) is 3.30. The molecule has 4 amide bonds. The first-order valence-corrected chi connectivity index (χ1v) is 11.8. The molecule has 3 fully saturated rings. The second kappa shape index (κ2) is 10.3. The normalized spacial score (nSPS) is 26.5. The van der Waals surface area contributed by atoms with Gasteiger partial charge in [0.05, 0.1) is 5.92 Å². The summed E-state index contributed by atoms with van der Waals surface area (Å²) in [5.74, 6) is -0.369. The molecular formula is C24H34N4O3. The number of rotatable bonds is 8. The number of nitrogens with one attached hydrogen (secondary N) is 2. The van der Waals surface area contributed by atoms with E-state index in [0.717, 1.165) is 18.5 Å². The predicted octanol–water partition coefficient (Wildman–Crippen LogP) is 2.17. The molecule has 0 aromatic heterocycles. The van der Waals surface area contributed by atoms with Crippen molar-refractivity contribution >= 4 is 17.8 Å². The van der Waals surface area contributed by atoms with Gasteiger partial charge in [-0.15, -0.1) is 0 Å². The van der Waals surface area contributed by atoms with Crippen LogP contribution in [-0.2, 0) is 16.0 Å². The highest BCUT2D eigenvalue weighted by Crippen LogP contribution is 2.33. The Balaban J connectivity index is 1.23. The zero-order chi connectivity index (χ0) is 21.6. The van der Waals surface area contributed by atoms with E-state index in [-0.39, 0.29) is 35.7 Å². The number of nitrogens with zero attached hydrogens (tertiary/aromatic N) is 2. The smallest absolute Gasteiger partial charge is 0.324 e. The Kier molecular flexibility index (Phi) is 7.22. The molecule has 7 nitrogen and oxygen atoms in total. The van der Waals surface area contributed by atoms with Gasteiger partial charge in [-0.05, 0) is 70.1 Å². The van der Waals surface area contributed by atoms with Crippen LogP contribution in [0.15, 0.2) is 30.3 Å². The van der Waals surface area contributed by atoms with Crippen molar-refractivity contribution in [1.29, 1.82) is 0 Å². The fourth-order valence-electron chi connectivity index (χ4n) is 5.16. The van der Waals surface area contributed by atoms with E-state index in [1.807, 2.05) is 30.3 Å². The van der Waals surface area contributed by atoms with Crippen molar-refractivity contribution in [2.45, 2.75) is 51.0 Å². The van der Waals surface area contributed by atoms with Crippen LogP contribution in [0.2, 0.25) is 0 Å². The Morgan fingerprint density at radius 3 is 2.61 bits per heavy atom. The topological polar surface area (TPSA) is 81.8 Å². The number of benzene rings is 1. The van der Waals surface area contributed by atoms with Crippen molar-refractivity contribution in [3.8, 4) is 0 Å². The van der Waals surface area contributed by atoms with Gasteiger partial charge in [0.1, 0.15) is 0 Å². The molecule has 168 valence electrons. The van der Waals surface area contributed by atoms with Gasteiger partial charge in [0.15, 0.2) is 0 Å². The Bertz CT molecular complexity index is 778. The Morgan fingerprint density at radius 1 is 1.06 bits per heavy atom. The molecular weight excluding hydrogens is 392 g/mol. The first kappa shape index (κ1) is 21.8. The van der Waals surface area contributed by atoms with Crippen molar-refractivity contribution in [3.63, 3.8) is 0 Å². The molecule has 1 aliphatic carbocycles. The van der Waals surface area contributed by atoms with Crippen molar-refractivity contribution in [2.24, 2.45) is 11.8 Å². The summed E-state index contributed by atoms with van der Waals surface area (Å²) in [6, 6.07) is 9.32. The minimum Gasteiger partial charge on any atom is -0.356 e. The second-order valence-electron chi connectivity index (χ2n) is 9.09. The van der Waals surface area contributed by atoms with Crippen LogP contribution < -0.4 is 10.6 Å². The Hall–Kier alpha value is -2.41. The fourth-order valence-corrected chi connectivity index (χ4v) is 5.16. The lowest BCUT2D eigenvalue weighted by Gasteiger charge is -2.42. The maximum absolute atomic E-state index is 13.0. The first-order valence-electron chi connectivity index (χ1n) is 11.8. The SMILES string of the molecule is O=C(NCCCN1CCCC1)C1CCC2C(=O)N(CCc3ccccc3)C(=O)NC2C1. The third-order valence-electron chi connectivity index (χ3n) is 6.97. The molecule has 1 saturated carbocycles. The van der Waals surface area contributed by atoms with Gasteiger partial charge < -0.3 is 15.5 Å². The van der Waals surface area contributed by atoms with E-state index >= 15 is 0 Å². The third-order valence-corrected chi connectivity index (χ3v) is 6.97. The highest BCUT2D eigenvalue weighted by molar-refractivity contribution is 5.99. The number of hydrogen-bond acceptors (Lipinski definition) is 4. The Labute approximate surface area is 184 Å². The highest BCUT2D eigenvalue weighted by Gasteiger charge is 2.45. The minimum atomic E-state index is -0.325. The monoisotopic (exact) mass is 426 g/mol. The lowest BCUT2D eigenvalue weighted by atomic mass is 9.76. The van der Waals surface area contributed by atoms with Gasteiger partial charge in [-0.25, -0.2) is 4.79 Å². The maximum Gasteiger partial charge on any atom is 0.324 e. The fraction of sp³-hybridized carbons (Fsp3) is 0.625. The van der Waals surface area contributed by atoms with Crippen LogP contribution in [-0.4, -0.2) is 66.4 Å². The van der Waals surface area contributed by atoms with Crippen molar-refractivity contribution < 1.29 is 14.4 Å². The van der Waals surface area contributed by atoms with Gasteiger partial charge >= 0.3 is 6.03 Å². The average molecular weight is 427 g/mol. The predicted molar refractivity (Wildman–Crippen MR) is 118 cm³/mol. The van der Waals surface area contributed by atoms with Crippen LogP contribution in [0, 0.1) is 11.8 Å². The zero-order valence-corrected chi connectivity index (χ0v) is 18.2. The van der Waals surface area contributed by atoms with Crippen molar-refractivity contribution in [1.82, 2.24) is 20.4 Å². The van der Waals surface area contributed by atoms with Crippen LogP contribution in [0.4, 0.5) is 4.79 Å². The van der Waals surface area contributed by atoms with Gasteiger partial charge in [-0.3, -0.25) is 14.5 Å². The number of fused-ring (bicyclic) bond motifs is 1. The summed E-state index contributed by atoms with van der Waals surface area (Å²) >= 11 is 0. The van der Waals surface area contributed by atoms with Gasteiger partial charge in [0.25, 0.3) is 0 Å². The summed E-state index contributed by atoms with van der Waals surface area (Å²) in [6.45, 7) is 4.47. The summed E-state index contributed by atoms with van der Waals surface area (Å²) in [4.78, 5) is 42.0. The summed E-state index contributed by atoms with van der Waals surface area (Å²) in [5, 5.41) is 6.07. The molecule has 4 rings (SSSR count). The molecule has 3 aliphatic rings. The molecule has 0 radical (unpaired) electrons. The quantitative estimate of drug-likeness (QED) is 0.624. The number of carbonyl (C=O) groups excluding carboxylic acids is 3. The van der Waals surface area contributed by atoms with Crippen LogP contribution in [0.5, 0.6) is 0 Å². The highest BCUT2D eigenvalue weighted by atomic mass is 16.2. The maximum atomic E-state index is 13.0. The standard InChI is InChI=1S/C24H34N4O3/c29-22(25-12-6-15-27-13-4-5-14-27)19-9-10-20-21(17-19)26-24(31)28(23(20)30)16-11-18-7-2-1-3-8-18/h1-3,7-8,19-21H,4-6,9-17H2,(H,25,29)(H,26,31). The third kappa shape index (κ3) is 5.45. The molecule has 31 heavy (non-hydrogen) atoms. The Morgan fingerprint density at radius 2 is 1.84 bits per heavy atom. The number of imide groups is 1. The number of amides is 4. The van der Waals surface area contributed by atoms with Crippen LogP contribution in [0.1, 0.15) is 44.1 Å². The molecule has 3 atom stereocenters. The molecule has 0 spiro atoms. The van der Waals surface area contributed by atoms with Crippen molar-refractivity contribution in [3.05, 3.63) is 35.9 Å². The summed E-state index contributed by atoms with van der Waals surface area (Å²) < 4.78 is 0. The van der Waals surface area contributed by atoms with E-state index in [4.69, 9.17) is 0 Å². The minimum absolute atomic E-state index is 0.0630. The second-order valence-corrected chi connectivity index (χ2v) is 9.09. The van der Waals surface area contributed by atoms with Gasteiger partial charge in [0, 0.05) is 25.0 Å². The van der Waals surface area contributed by atoms with Gasteiger partial charge in [0.2, 0.25) is 11.8 Å². The lowest BCUT2D eigenvalue weighted by Crippen LogP contribution is -2.62. The van der Waals surface area contributed by atoms with E-state index in [1.54, 1.807) is 0 Å². The molecule has 1 aromatic rings. The summed E-state index contributed by atoms with van der Waals surface area (Å²) in [6.07, 6.45) is 6.09. The zero-order valence-electron chi connectivity index (χ0n) is 18.2. The molecule has 1 aromatic carbocycles. The van der Waals surface area contributed by atoms with E-state index in [0.29, 0.717) is 38.8 Å². The van der Waals surface area contributed by atoms with Crippen LogP contribution in [0.3, 0.4) is 0 Å². The number of carbonyl (C=O) groups is 3. The van der Waals surface area contributed by atoms with E-state index in [9.17, 15) is 14.4 Å². The van der Waals surface area contributed by atoms with Crippen LogP contribution in [0.25, 0.3) is 0 Å². The molecule has 7 heteroatoms. The number of urea groups is 1. The van der Waals surface area contributed by atoms with Crippen molar-refractivity contribution in [2.75, 3.05) is 32.7 Å². The molecule has 2 saturated heterocycles. The summed E-state index contributed by atoms with van der Waals surface area (Å²) in [5.41, 5.74) is 1.11. The molecule has 0 bridgehead atoms. The first-order chi connectivity index (χ1) is 15.1. The molecule has 2 N–H and O–H groups in total. The largest absolute Gasteiger partial charge is 0.356 e. The lowest BCUT2D eigenvalue weighted by molar-refractivity contribution is -0.139. The molecule has 2 aliphatic heterocycles. The summed E-state index contributed by atoms with van der Waals surface area (Å²) in [7, 11) is 0. The molecule has 3 unspecified atom stereocenters. The number of hydrogen-bond donors (Lipinski definition) is 2. The number of likely N-dealkylation sites (tertiary alicyclic amines) is 1. The van der Waals surface area contributed by atoms with E-state index in [2.05, 4.69) is 15.5 Å². The van der Waals surface area contributed by atoms with Gasteiger partial charge in [-0.2, -0.15) is 0 Å². The van der Waals surface area contributed by atoms with Crippen LogP contribution >= 0.6 is 0 Å².